The minimum absolute atomic E-state index is 0.746. The Labute approximate surface area is 131 Å². The number of nitrogens with one attached hydrogen (secondary N) is 1. The van der Waals surface area contributed by atoms with Crippen LogP contribution in [0.2, 0.25) is 0 Å². The quantitative estimate of drug-likeness (QED) is 0.763. The van der Waals surface area contributed by atoms with E-state index in [-0.39, 0.29) is 0 Å². The molecule has 0 amide bonds. The summed E-state index contributed by atoms with van der Waals surface area (Å²) in [6, 6.07) is 15.8. The van der Waals surface area contributed by atoms with Crippen molar-refractivity contribution >= 4 is 27.6 Å². The van der Waals surface area contributed by atoms with Gasteiger partial charge in [0.2, 0.25) is 5.95 Å². The molecule has 0 spiro atoms. The minimum Gasteiger partial charge on any atom is -0.497 e. The lowest BCUT2D eigenvalue weighted by atomic mass is 10.3. The van der Waals surface area contributed by atoms with Crippen molar-refractivity contribution in [3.05, 3.63) is 65.4 Å². The van der Waals surface area contributed by atoms with Crippen molar-refractivity contribution in [3.8, 4) is 11.4 Å². The third-order valence-corrected chi connectivity index (χ3v) is 3.75. The van der Waals surface area contributed by atoms with Gasteiger partial charge in [-0.25, -0.2) is 4.98 Å². The van der Waals surface area contributed by atoms with Gasteiger partial charge in [0.05, 0.1) is 12.8 Å². The summed E-state index contributed by atoms with van der Waals surface area (Å²) in [6.07, 6.45) is 3.67. The molecule has 106 valence electrons. The van der Waals surface area contributed by atoms with E-state index in [1.165, 1.54) is 0 Å². The van der Waals surface area contributed by atoms with Crippen molar-refractivity contribution in [2.45, 2.75) is 0 Å². The smallest absolute Gasteiger partial charge is 0.212 e. The maximum Gasteiger partial charge on any atom is 0.212 e. The molecule has 1 N–H and O–H groups in total. The second-order valence-electron chi connectivity index (χ2n) is 4.43. The first kappa shape index (κ1) is 13.7. The lowest BCUT2D eigenvalue weighted by Crippen LogP contribution is -2.02. The van der Waals surface area contributed by atoms with E-state index in [0.29, 0.717) is 0 Å². The van der Waals surface area contributed by atoms with Gasteiger partial charge in [0.15, 0.2) is 0 Å². The number of hydrogen-bond donors (Lipinski definition) is 1. The SMILES string of the molecule is COc1ccc(Br)c(-n2ccnc2Nc2ccccc2)c1. The van der Waals surface area contributed by atoms with Crippen molar-refractivity contribution in [1.82, 2.24) is 9.55 Å². The first-order chi connectivity index (χ1) is 10.3. The molecule has 3 rings (SSSR count). The van der Waals surface area contributed by atoms with Gasteiger partial charge in [-0.2, -0.15) is 0 Å². The zero-order valence-electron chi connectivity index (χ0n) is 11.5. The summed E-state index contributed by atoms with van der Waals surface area (Å²) < 4.78 is 8.23. The second kappa shape index (κ2) is 6.01. The summed E-state index contributed by atoms with van der Waals surface area (Å²) in [5, 5.41) is 3.31. The molecule has 1 aromatic heterocycles. The monoisotopic (exact) mass is 343 g/mol. The first-order valence-corrected chi connectivity index (χ1v) is 7.26. The molecular weight excluding hydrogens is 330 g/mol. The predicted octanol–water partition coefficient (Wildman–Crippen LogP) is 4.39. The van der Waals surface area contributed by atoms with Crippen molar-refractivity contribution in [1.29, 1.82) is 0 Å². The van der Waals surface area contributed by atoms with Crippen LogP contribution in [0.15, 0.2) is 65.4 Å². The van der Waals surface area contributed by atoms with Gasteiger partial charge in [-0.3, -0.25) is 4.57 Å². The number of nitrogens with zero attached hydrogens (tertiary/aromatic N) is 2. The Kier molecular flexibility index (Phi) is 3.92. The molecule has 0 aliphatic heterocycles. The number of imidazole rings is 1. The Morgan fingerprint density at radius 2 is 1.95 bits per heavy atom. The van der Waals surface area contributed by atoms with Crippen LogP contribution < -0.4 is 10.1 Å². The third-order valence-electron chi connectivity index (χ3n) is 3.08. The van der Waals surface area contributed by atoms with Crippen molar-refractivity contribution in [2.24, 2.45) is 0 Å². The van der Waals surface area contributed by atoms with E-state index in [1.54, 1.807) is 13.3 Å². The van der Waals surface area contributed by atoms with E-state index in [0.717, 1.165) is 27.5 Å². The average molecular weight is 344 g/mol. The van der Waals surface area contributed by atoms with Gasteiger partial charge >= 0.3 is 0 Å². The highest BCUT2D eigenvalue weighted by atomic mass is 79.9. The fraction of sp³-hybridized carbons (Fsp3) is 0.0625. The summed E-state index contributed by atoms with van der Waals surface area (Å²) >= 11 is 3.57. The molecule has 0 radical (unpaired) electrons. The van der Waals surface area contributed by atoms with Crippen molar-refractivity contribution in [3.63, 3.8) is 0 Å². The number of rotatable bonds is 4. The molecule has 3 aromatic rings. The number of para-hydroxylation sites is 1. The molecule has 21 heavy (non-hydrogen) atoms. The summed E-state index contributed by atoms with van der Waals surface area (Å²) in [5.74, 6) is 1.54. The van der Waals surface area contributed by atoms with E-state index < -0.39 is 0 Å². The van der Waals surface area contributed by atoms with Crippen LogP contribution in [-0.2, 0) is 0 Å². The molecule has 0 atom stereocenters. The molecule has 0 fully saturated rings. The van der Waals surface area contributed by atoms with Gasteiger partial charge in [-0.05, 0) is 40.2 Å². The summed E-state index contributed by atoms with van der Waals surface area (Å²) in [6.45, 7) is 0. The van der Waals surface area contributed by atoms with Crippen molar-refractivity contribution < 1.29 is 4.74 Å². The van der Waals surface area contributed by atoms with Gasteiger partial charge in [0.25, 0.3) is 0 Å². The molecule has 0 saturated carbocycles. The summed E-state index contributed by atoms with van der Waals surface area (Å²) in [7, 11) is 1.66. The van der Waals surface area contributed by atoms with Crippen LogP contribution >= 0.6 is 15.9 Å². The Morgan fingerprint density at radius 3 is 2.71 bits per heavy atom. The zero-order chi connectivity index (χ0) is 14.7. The summed E-state index contributed by atoms with van der Waals surface area (Å²) in [4.78, 5) is 4.37. The van der Waals surface area contributed by atoms with Gasteiger partial charge < -0.3 is 10.1 Å². The molecule has 0 saturated heterocycles. The highest BCUT2D eigenvalue weighted by Gasteiger charge is 2.09. The molecule has 2 aromatic carbocycles. The highest BCUT2D eigenvalue weighted by Crippen LogP contribution is 2.28. The Hall–Kier alpha value is -2.27. The van der Waals surface area contributed by atoms with E-state index in [1.807, 2.05) is 59.3 Å². The molecule has 0 unspecified atom stereocenters. The lowest BCUT2D eigenvalue weighted by molar-refractivity contribution is 0.414. The van der Waals surface area contributed by atoms with Crippen LogP contribution in [0.25, 0.3) is 5.69 Å². The number of aromatic nitrogens is 2. The maximum atomic E-state index is 5.29. The number of methoxy groups -OCH3 is 1. The number of hydrogen-bond acceptors (Lipinski definition) is 3. The second-order valence-corrected chi connectivity index (χ2v) is 5.28. The van der Waals surface area contributed by atoms with Crippen LogP contribution in [0.3, 0.4) is 0 Å². The fourth-order valence-electron chi connectivity index (χ4n) is 2.04. The van der Waals surface area contributed by atoms with E-state index >= 15 is 0 Å². The first-order valence-electron chi connectivity index (χ1n) is 6.47. The van der Waals surface area contributed by atoms with E-state index in [9.17, 15) is 0 Å². The minimum atomic E-state index is 0.746. The maximum absolute atomic E-state index is 5.29. The van der Waals surface area contributed by atoms with Crippen LogP contribution in [0.1, 0.15) is 0 Å². The Bertz CT molecular complexity index is 740. The number of ether oxygens (including phenoxy) is 1. The molecule has 4 nitrogen and oxygen atoms in total. The van der Waals surface area contributed by atoms with Crippen molar-refractivity contribution in [2.75, 3.05) is 12.4 Å². The number of benzene rings is 2. The standard InChI is InChI=1S/C16H14BrN3O/c1-21-13-7-8-14(17)15(11-13)20-10-9-18-16(20)19-12-5-3-2-4-6-12/h2-11H,1H3,(H,18,19). The number of halogens is 1. The normalized spacial score (nSPS) is 10.4. The third kappa shape index (κ3) is 2.92. The molecule has 0 bridgehead atoms. The summed E-state index contributed by atoms with van der Waals surface area (Å²) in [5.41, 5.74) is 1.95. The van der Waals surface area contributed by atoms with Crippen LogP contribution in [0, 0.1) is 0 Å². The van der Waals surface area contributed by atoms with Gasteiger partial charge in [-0.15, -0.1) is 0 Å². The fourth-order valence-corrected chi connectivity index (χ4v) is 2.48. The van der Waals surface area contributed by atoms with Gasteiger partial charge in [-0.1, -0.05) is 18.2 Å². The number of anilines is 2. The largest absolute Gasteiger partial charge is 0.497 e. The average Bonchev–Trinajstić information content (AvgIpc) is 2.97. The Balaban J connectivity index is 1.99. The van der Waals surface area contributed by atoms with Crippen LogP contribution in [0.5, 0.6) is 5.75 Å². The molecule has 5 heteroatoms. The van der Waals surface area contributed by atoms with Crippen LogP contribution in [0.4, 0.5) is 11.6 Å². The van der Waals surface area contributed by atoms with Crippen LogP contribution in [-0.4, -0.2) is 16.7 Å². The van der Waals surface area contributed by atoms with Gasteiger partial charge in [0.1, 0.15) is 5.75 Å². The topological polar surface area (TPSA) is 39.1 Å². The van der Waals surface area contributed by atoms with E-state index in [4.69, 9.17) is 4.74 Å². The highest BCUT2D eigenvalue weighted by molar-refractivity contribution is 9.10. The molecule has 0 aliphatic rings. The molecular formula is C16H14BrN3O. The zero-order valence-corrected chi connectivity index (χ0v) is 13.0. The van der Waals surface area contributed by atoms with E-state index in [2.05, 4.69) is 26.2 Å². The Morgan fingerprint density at radius 1 is 1.14 bits per heavy atom. The lowest BCUT2D eigenvalue weighted by Gasteiger charge is -2.12. The molecule has 1 heterocycles. The van der Waals surface area contributed by atoms with Gasteiger partial charge in [0, 0.05) is 28.6 Å². The molecule has 0 aliphatic carbocycles. The predicted molar refractivity (Wildman–Crippen MR) is 87.5 cm³/mol.